The number of carbonyl (C=O) groups excluding carboxylic acids is 1. The van der Waals surface area contributed by atoms with Gasteiger partial charge in [-0.25, -0.2) is 4.98 Å². The molecule has 124 valence electrons. The highest BCUT2D eigenvalue weighted by Gasteiger charge is 2.28. The van der Waals surface area contributed by atoms with Gasteiger partial charge in [-0.15, -0.1) is 0 Å². The number of hydrogen-bond acceptors (Lipinski definition) is 6. The Kier molecular flexibility index (Phi) is 5.45. The molecule has 0 aliphatic carbocycles. The summed E-state index contributed by atoms with van der Waals surface area (Å²) in [5.74, 6) is -0.459. The standard InChI is InChI=1S/C14H19N5O4/c1-2-23-13(20)10-5-4-8-18(9-10)14(15)17-12-11(19(21)22)6-3-7-16-12/h3,6-7,10H,2,4-5,8-9H2,1H3,(H2,15,16,17)/t10-/m1/s1. The minimum Gasteiger partial charge on any atom is -0.466 e. The summed E-state index contributed by atoms with van der Waals surface area (Å²) in [5, 5.41) is 11.0. The zero-order chi connectivity index (χ0) is 16.8. The highest BCUT2D eigenvalue weighted by Crippen LogP contribution is 2.24. The number of piperidine rings is 1. The van der Waals surface area contributed by atoms with E-state index in [0.717, 1.165) is 12.8 Å². The smallest absolute Gasteiger partial charge is 0.313 e. The molecule has 1 aliphatic heterocycles. The van der Waals surface area contributed by atoms with Crippen molar-refractivity contribution in [2.24, 2.45) is 16.6 Å². The summed E-state index contributed by atoms with van der Waals surface area (Å²) in [5.41, 5.74) is 5.73. The largest absolute Gasteiger partial charge is 0.466 e. The number of nitrogens with two attached hydrogens (primary N) is 1. The molecule has 1 aromatic heterocycles. The minimum absolute atomic E-state index is 0.0479. The highest BCUT2D eigenvalue weighted by atomic mass is 16.6. The quantitative estimate of drug-likeness (QED) is 0.290. The lowest BCUT2D eigenvalue weighted by molar-refractivity contribution is -0.384. The summed E-state index contributed by atoms with van der Waals surface area (Å²) in [6.07, 6.45) is 2.91. The Balaban J connectivity index is 2.15. The fourth-order valence-electron chi connectivity index (χ4n) is 2.43. The Morgan fingerprint density at radius 1 is 1.65 bits per heavy atom. The van der Waals surface area contributed by atoms with Crippen molar-refractivity contribution in [2.45, 2.75) is 19.8 Å². The molecular formula is C14H19N5O4. The molecule has 2 heterocycles. The van der Waals surface area contributed by atoms with Crippen molar-refractivity contribution in [1.29, 1.82) is 0 Å². The van der Waals surface area contributed by atoms with Crippen LogP contribution < -0.4 is 5.73 Å². The van der Waals surface area contributed by atoms with E-state index in [1.54, 1.807) is 11.8 Å². The van der Waals surface area contributed by atoms with Gasteiger partial charge >= 0.3 is 11.7 Å². The molecule has 23 heavy (non-hydrogen) atoms. The fourth-order valence-corrected chi connectivity index (χ4v) is 2.43. The van der Waals surface area contributed by atoms with Gasteiger partial charge in [-0.1, -0.05) is 0 Å². The number of ether oxygens (including phenoxy) is 1. The molecule has 0 amide bonds. The molecule has 0 saturated carbocycles. The molecule has 2 N–H and O–H groups in total. The van der Waals surface area contributed by atoms with E-state index in [1.165, 1.54) is 18.3 Å². The van der Waals surface area contributed by atoms with Crippen LogP contribution in [-0.2, 0) is 9.53 Å². The first-order valence-electron chi connectivity index (χ1n) is 7.38. The number of aliphatic imine (C=N–C) groups is 1. The molecular weight excluding hydrogens is 302 g/mol. The van der Waals surface area contributed by atoms with Crippen LogP contribution in [0, 0.1) is 16.0 Å². The molecule has 9 heteroatoms. The number of rotatable bonds is 4. The van der Waals surface area contributed by atoms with Crippen molar-refractivity contribution in [3.8, 4) is 0 Å². The van der Waals surface area contributed by atoms with Crippen molar-refractivity contribution >= 4 is 23.4 Å². The van der Waals surface area contributed by atoms with E-state index in [9.17, 15) is 14.9 Å². The van der Waals surface area contributed by atoms with Crippen LogP contribution in [0.15, 0.2) is 23.3 Å². The summed E-state index contributed by atoms with van der Waals surface area (Å²) < 4.78 is 5.03. The Labute approximate surface area is 133 Å². The summed E-state index contributed by atoms with van der Waals surface area (Å²) >= 11 is 0. The number of guanidine groups is 1. The Bertz CT molecular complexity index is 619. The van der Waals surface area contributed by atoms with E-state index in [4.69, 9.17) is 10.5 Å². The monoisotopic (exact) mass is 321 g/mol. The predicted octanol–water partition coefficient (Wildman–Crippen LogP) is 1.21. The Hall–Kier alpha value is -2.71. The number of nitro groups is 1. The van der Waals surface area contributed by atoms with Gasteiger partial charge in [0.25, 0.3) is 0 Å². The van der Waals surface area contributed by atoms with E-state index in [-0.39, 0.29) is 29.4 Å². The van der Waals surface area contributed by atoms with Gasteiger partial charge in [0.15, 0.2) is 5.96 Å². The number of hydrogen-bond donors (Lipinski definition) is 1. The molecule has 1 atom stereocenters. The zero-order valence-electron chi connectivity index (χ0n) is 12.8. The van der Waals surface area contributed by atoms with Crippen LogP contribution in [0.4, 0.5) is 11.5 Å². The third kappa shape index (κ3) is 4.15. The average molecular weight is 321 g/mol. The lowest BCUT2D eigenvalue weighted by atomic mass is 9.98. The van der Waals surface area contributed by atoms with Crippen LogP contribution in [-0.4, -0.2) is 46.4 Å². The van der Waals surface area contributed by atoms with Gasteiger partial charge in [-0.3, -0.25) is 14.9 Å². The Morgan fingerprint density at radius 3 is 3.13 bits per heavy atom. The summed E-state index contributed by atoms with van der Waals surface area (Å²) in [6.45, 7) is 3.11. The van der Waals surface area contributed by atoms with E-state index in [2.05, 4.69) is 9.98 Å². The molecule has 0 spiro atoms. The number of esters is 1. The van der Waals surface area contributed by atoms with Gasteiger partial charge in [0.2, 0.25) is 5.82 Å². The maximum atomic E-state index is 11.8. The van der Waals surface area contributed by atoms with Crippen LogP contribution in [0.5, 0.6) is 0 Å². The Morgan fingerprint density at radius 2 is 2.43 bits per heavy atom. The van der Waals surface area contributed by atoms with Crippen LogP contribution in [0.2, 0.25) is 0 Å². The number of carbonyl (C=O) groups is 1. The first-order chi connectivity index (χ1) is 11.0. The fraction of sp³-hybridized carbons (Fsp3) is 0.500. The van der Waals surface area contributed by atoms with Gasteiger partial charge in [-0.2, -0.15) is 4.99 Å². The molecule has 1 aliphatic rings. The average Bonchev–Trinajstić information content (AvgIpc) is 2.55. The van der Waals surface area contributed by atoms with Crippen LogP contribution >= 0.6 is 0 Å². The first kappa shape index (κ1) is 16.7. The highest BCUT2D eigenvalue weighted by molar-refractivity contribution is 5.83. The van der Waals surface area contributed by atoms with Crippen molar-refractivity contribution in [2.75, 3.05) is 19.7 Å². The maximum absolute atomic E-state index is 11.8. The zero-order valence-corrected chi connectivity index (χ0v) is 12.8. The van der Waals surface area contributed by atoms with Crippen molar-refractivity contribution < 1.29 is 14.5 Å². The maximum Gasteiger partial charge on any atom is 0.313 e. The first-order valence-corrected chi connectivity index (χ1v) is 7.38. The summed E-state index contributed by atoms with van der Waals surface area (Å²) in [7, 11) is 0. The van der Waals surface area contributed by atoms with Crippen LogP contribution in [0.1, 0.15) is 19.8 Å². The second kappa shape index (κ2) is 7.52. The van der Waals surface area contributed by atoms with E-state index < -0.39 is 4.92 Å². The molecule has 9 nitrogen and oxygen atoms in total. The molecule has 0 aromatic carbocycles. The van der Waals surface area contributed by atoms with Crippen LogP contribution in [0.25, 0.3) is 0 Å². The second-order valence-corrected chi connectivity index (χ2v) is 5.11. The molecule has 1 fully saturated rings. The normalized spacial score (nSPS) is 18.6. The SMILES string of the molecule is CCOC(=O)[C@@H]1CCCN(C(N)=Nc2ncccc2[N+](=O)[O-])C1. The third-order valence-corrected chi connectivity index (χ3v) is 3.55. The second-order valence-electron chi connectivity index (χ2n) is 5.11. The molecule has 0 unspecified atom stereocenters. The van der Waals surface area contributed by atoms with Crippen molar-refractivity contribution in [3.05, 3.63) is 28.4 Å². The van der Waals surface area contributed by atoms with E-state index >= 15 is 0 Å². The van der Waals surface area contributed by atoms with Crippen LogP contribution in [0.3, 0.4) is 0 Å². The lowest BCUT2D eigenvalue weighted by Gasteiger charge is -2.32. The number of nitrogens with zero attached hydrogens (tertiary/aromatic N) is 4. The topological polar surface area (TPSA) is 124 Å². The molecule has 1 saturated heterocycles. The number of likely N-dealkylation sites (tertiary alicyclic amines) is 1. The summed E-state index contributed by atoms with van der Waals surface area (Å²) in [4.78, 5) is 31.9. The molecule has 0 bridgehead atoms. The summed E-state index contributed by atoms with van der Waals surface area (Å²) in [6, 6.07) is 2.78. The van der Waals surface area contributed by atoms with Crippen molar-refractivity contribution in [3.63, 3.8) is 0 Å². The third-order valence-electron chi connectivity index (χ3n) is 3.55. The lowest BCUT2D eigenvalue weighted by Crippen LogP contribution is -2.46. The predicted molar refractivity (Wildman–Crippen MR) is 83.1 cm³/mol. The van der Waals surface area contributed by atoms with Gasteiger partial charge in [0.1, 0.15) is 0 Å². The molecule has 0 radical (unpaired) electrons. The van der Waals surface area contributed by atoms with Gasteiger partial charge < -0.3 is 15.4 Å². The van der Waals surface area contributed by atoms with E-state index in [1.807, 2.05) is 0 Å². The van der Waals surface area contributed by atoms with Gasteiger partial charge in [0.05, 0.1) is 17.4 Å². The van der Waals surface area contributed by atoms with Gasteiger partial charge in [-0.05, 0) is 25.8 Å². The molecule has 1 aromatic rings. The number of pyridine rings is 1. The molecule has 2 rings (SSSR count). The number of aromatic nitrogens is 1. The van der Waals surface area contributed by atoms with Crippen molar-refractivity contribution in [1.82, 2.24) is 9.88 Å². The van der Waals surface area contributed by atoms with E-state index in [0.29, 0.717) is 19.7 Å². The van der Waals surface area contributed by atoms with Gasteiger partial charge in [0, 0.05) is 25.4 Å². The minimum atomic E-state index is -0.559.